The van der Waals surface area contributed by atoms with Crippen LogP contribution in [0.1, 0.15) is 6.92 Å². The third kappa shape index (κ3) is 5.77. The van der Waals surface area contributed by atoms with E-state index in [0.717, 1.165) is 0 Å². The molecule has 0 fully saturated rings. The molecule has 0 aromatic rings. The fourth-order valence-electron chi connectivity index (χ4n) is 0.629. The number of carbonyl (C=O) groups excluding carboxylic acids is 2. The van der Waals surface area contributed by atoms with E-state index in [2.05, 4.69) is 0 Å². The zero-order valence-electron chi connectivity index (χ0n) is 9.81. The van der Waals surface area contributed by atoms with Crippen LogP contribution in [0.5, 0.6) is 0 Å². The summed E-state index contributed by atoms with van der Waals surface area (Å²) in [5, 5.41) is 0. The number of ether oxygens (including phenoxy) is 2. The number of rotatable bonds is 3. The first-order chi connectivity index (χ1) is 6.84. The number of nitrogens with zero attached hydrogens (tertiary/aromatic N) is 2. The Bertz CT molecular complexity index is 228. The first kappa shape index (κ1) is 13.5. The standard InChI is InChI=1S/C9H18N2O4/c1-7(15-9(13)11(4)5)6-14-8(12)10(2)3/h7H,6H2,1-5H3. The molecule has 15 heavy (non-hydrogen) atoms. The molecule has 0 aliphatic rings. The van der Waals surface area contributed by atoms with Gasteiger partial charge in [0.15, 0.2) is 0 Å². The second-order valence-electron chi connectivity index (χ2n) is 3.56. The van der Waals surface area contributed by atoms with Crippen molar-refractivity contribution in [3.63, 3.8) is 0 Å². The largest absolute Gasteiger partial charge is 0.445 e. The maximum Gasteiger partial charge on any atom is 0.409 e. The van der Waals surface area contributed by atoms with E-state index in [-0.39, 0.29) is 6.61 Å². The lowest BCUT2D eigenvalue weighted by atomic mass is 10.4. The van der Waals surface area contributed by atoms with Gasteiger partial charge in [-0.25, -0.2) is 9.59 Å². The van der Waals surface area contributed by atoms with Crippen molar-refractivity contribution in [1.29, 1.82) is 0 Å². The summed E-state index contributed by atoms with van der Waals surface area (Å²) >= 11 is 0. The molecule has 1 atom stereocenters. The molecule has 0 bridgehead atoms. The SMILES string of the molecule is CC(COC(=O)N(C)C)OC(=O)N(C)C. The zero-order chi connectivity index (χ0) is 12.0. The Hall–Kier alpha value is -1.46. The lowest BCUT2D eigenvalue weighted by Crippen LogP contribution is -2.31. The summed E-state index contributed by atoms with van der Waals surface area (Å²) in [5.41, 5.74) is 0. The Morgan fingerprint density at radius 1 is 1.07 bits per heavy atom. The van der Waals surface area contributed by atoms with Crippen LogP contribution in [-0.2, 0) is 9.47 Å². The highest BCUT2D eigenvalue weighted by atomic mass is 16.6. The number of amides is 2. The number of hydrogen-bond acceptors (Lipinski definition) is 4. The van der Waals surface area contributed by atoms with Crippen LogP contribution in [0.4, 0.5) is 9.59 Å². The molecule has 0 saturated carbocycles. The van der Waals surface area contributed by atoms with Gasteiger partial charge in [0.05, 0.1) is 0 Å². The topological polar surface area (TPSA) is 59.1 Å². The Labute approximate surface area is 89.7 Å². The summed E-state index contributed by atoms with van der Waals surface area (Å²) in [6, 6.07) is 0. The maximum atomic E-state index is 11.1. The Morgan fingerprint density at radius 2 is 1.53 bits per heavy atom. The summed E-state index contributed by atoms with van der Waals surface area (Å²) in [6.45, 7) is 1.71. The number of carbonyl (C=O) groups is 2. The third-order valence-electron chi connectivity index (χ3n) is 1.47. The summed E-state index contributed by atoms with van der Waals surface area (Å²) in [6.07, 6.45) is -1.37. The minimum Gasteiger partial charge on any atom is -0.445 e. The van der Waals surface area contributed by atoms with Crippen molar-refractivity contribution in [2.24, 2.45) is 0 Å². The van der Waals surface area contributed by atoms with Crippen molar-refractivity contribution in [2.75, 3.05) is 34.8 Å². The summed E-state index contributed by atoms with van der Waals surface area (Å²) in [5.74, 6) is 0. The van der Waals surface area contributed by atoms with Crippen LogP contribution in [0.2, 0.25) is 0 Å². The molecule has 0 heterocycles. The molecule has 0 aliphatic heterocycles. The van der Waals surface area contributed by atoms with Gasteiger partial charge in [-0.05, 0) is 6.92 Å². The van der Waals surface area contributed by atoms with E-state index in [0.29, 0.717) is 0 Å². The zero-order valence-corrected chi connectivity index (χ0v) is 9.81. The molecule has 0 N–H and O–H groups in total. The molecule has 0 rings (SSSR count). The van der Waals surface area contributed by atoms with Gasteiger partial charge in [0.1, 0.15) is 12.7 Å². The Kier molecular flexibility index (Phi) is 5.51. The molecule has 0 aromatic carbocycles. The molecule has 6 nitrogen and oxygen atoms in total. The molecule has 0 aromatic heterocycles. The molecule has 0 radical (unpaired) electrons. The van der Waals surface area contributed by atoms with Gasteiger partial charge in [-0.1, -0.05) is 0 Å². The van der Waals surface area contributed by atoms with E-state index >= 15 is 0 Å². The third-order valence-corrected chi connectivity index (χ3v) is 1.47. The van der Waals surface area contributed by atoms with Crippen LogP contribution in [0.3, 0.4) is 0 Å². The van der Waals surface area contributed by atoms with E-state index in [9.17, 15) is 9.59 Å². The highest BCUT2D eigenvalue weighted by Crippen LogP contribution is 1.97. The predicted octanol–water partition coefficient (Wildman–Crippen LogP) is 0.771. The average molecular weight is 218 g/mol. The van der Waals surface area contributed by atoms with Gasteiger partial charge in [0, 0.05) is 28.2 Å². The molecule has 1 unspecified atom stereocenters. The van der Waals surface area contributed by atoms with Crippen LogP contribution in [0, 0.1) is 0 Å². The van der Waals surface area contributed by atoms with Crippen molar-refractivity contribution < 1.29 is 19.1 Å². The lowest BCUT2D eigenvalue weighted by molar-refractivity contribution is 0.0331. The van der Waals surface area contributed by atoms with Gasteiger partial charge in [-0.15, -0.1) is 0 Å². The smallest absolute Gasteiger partial charge is 0.409 e. The minimum atomic E-state index is -0.456. The molecule has 0 spiro atoms. The van der Waals surface area contributed by atoms with Gasteiger partial charge in [-0.2, -0.15) is 0 Å². The van der Waals surface area contributed by atoms with Crippen LogP contribution in [0.25, 0.3) is 0 Å². The van der Waals surface area contributed by atoms with Gasteiger partial charge in [-0.3, -0.25) is 0 Å². The first-order valence-corrected chi connectivity index (χ1v) is 4.56. The average Bonchev–Trinajstić information content (AvgIpc) is 2.13. The molecular weight excluding hydrogens is 200 g/mol. The fraction of sp³-hybridized carbons (Fsp3) is 0.778. The van der Waals surface area contributed by atoms with E-state index in [1.807, 2.05) is 0 Å². The summed E-state index contributed by atoms with van der Waals surface area (Å²) in [7, 11) is 6.33. The lowest BCUT2D eigenvalue weighted by Gasteiger charge is -2.18. The fourth-order valence-corrected chi connectivity index (χ4v) is 0.629. The monoisotopic (exact) mass is 218 g/mol. The van der Waals surface area contributed by atoms with E-state index in [1.54, 1.807) is 35.1 Å². The van der Waals surface area contributed by atoms with Crippen LogP contribution in [0.15, 0.2) is 0 Å². The second-order valence-corrected chi connectivity index (χ2v) is 3.56. The van der Waals surface area contributed by atoms with Crippen molar-refractivity contribution in [3.05, 3.63) is 0 Å². The highest BCUT2D eigenvalue weighted by Gasteiger charge is 2.13. The highest BCUT2D eigenvalue weighted by molar-refractivity contribution is 5.67. The summed E-state index contributed by atoms with van der Waals surface area (Å²) < 4.78 is 9.77. The molecule has 88 valence electrons. The quantitative estimate of drug-likeness (QED) is 0.702. The first-order valence-electron chi connectivity index (χ1n) is 4.56. The van der Waals surface area contributed by atoms with Crippen molar-refractivity contribution in [3.8, 4) is 0 Å². The molecule has 0 aliphatic carbocycles. The maximum absolute atomic E-state index is 11.1. The van der Waals surface area contributed by atoms with Crippen LogP contribution < -0.4 is 0 Å². The molecule has 6 heteroatoms. The molecule has 2 amide bonds. The van der Waals surface area contributed by atoms with Gasteiger partial charge < -0.3 is 19.3 Å². The van der Waals surface area contributed by atoms with Gasteiger partial charge in [0.25, 0.3) is 0 Å². The Morgan fingerprint density at radius 3 is 1.93 bits per heavy atom. The second kappa shape index (κ2) is 6.10. The van der Waals surface area contributed by atoms with Crippen LogP contribution in [-0.4, -0.2) is 62.9 Å². The number of hydrogen-bond donors (Lipinski definition) is 0. The Balaban J connectivity index is 3.80. The van der Waals surface area contributed by atoms with Crippen molar-refractivity contribution in [1.82, 2.24) is 9.80 Å². The molecular formula is C9H18N2O4. The van der Waals surface area contributed by atoms with Crippen molar-refractivity contribution in [2.45, 2.75) is 13.0 Å². The van der Waals surface area contributed by atoms with Crippen molar-refractivity contribution >= 4 is 12.2 Å². The van der Waals surface area contributed by atoms with Gasteiger partial charge >= 0.3 is 12.2 Å². The minimum absolute atomic E-state index is 0.0522. The predicted molar refractivity (Wildman–Crippen MR) is 54.7 cm³/mol. The summed E-state index contributed by atoms with van der Waals surface area (Å²) in [4.78, 5) is 24.7. The molecule has 0 saturated heterocycles. The van der Waals surface area contributed by atoms with Gasteiger partial charge in [0.2, 0.25) is 0 Å². The van der Waals surface area contributed by atoms with E-state index in [4.69, 9.17) is 9.47 Å². The normalized spacial score (nSPS) is 11.5. The van der Waals surface area contributed by atoms with E-state index in [1.165, 1.54) is 9.80 Å². The van der Waals surface area contributed by atoms with E-state index < -0.39 is 18.3 Å². The van der Waals surface area contributed by atoms with Crippen LogP contribution >= 0.6 is 0 Å².